The number of allylic oxidation sites excluding steroid dienone is 13. The average Bonchev–Trinajstić information content (AvgIpc) is 3.07. The van der Waals surface area contributed by atoms with E-state index in [4.69, 9.17) is 0 Å². The van der Waals surface area contributed by atoms with Gasteiger partial charge in [0, 0.05) is 6.42 Å². The molecule has 0 aromatic rings. The summed E-state index contributed by atoms with van der Waals surface area (Å²) in [5, 5.41) is 22.9. The zero-order valence-electron chi connectivity index (χ0n) is 30.5. The molecule has 0 heterocycles. The Morgan fingerprint density at radius 3 is 1.49 bits per heavy atom. The van der Waals surface area contributed by atoms with Crippen LogP contribution in [-0.4, -0.2) is 34.9 Å². The van der Waals surface area contributed by atoms with Crippen LogP contribution in [0.2, 0.25) is 0 Å². The van der Waals surface area contributed by atoms with Crippen molar-refractivity contribution < 1.29 is 15.0 Å². The van der Waals surface area contributed by atoms with Crippen molar-refractivity contribution in [2.75, 3.05) is 6.61 Å². The van der Waals surface area contributed by atoms with E-state index in [1.165, 1.54) is 70.6 Å². The van der Waals surface area contributed by atoms with Crippen molar-refractivity contribution in [2.24, 2.45) is 0 Å². The highest BCUT2D eigenvalue weighted by Crippen LogP contribution is 2.11. The van der Waals surface area contributed by atoms with Gasteiger partial charge in [-0.1, -0.05) is 157 Å². The molecular formula is C43H73NO3. The minimum Gasteiger partial charge on any atom is -0.394 e. The van der Waals surface area contributed by atoms with Crippen LogP contribution in [0.3, 0.4) is 0 Å². The Labute approximate surface area is 291 Å². The van der Waals surface area contributed by atoms with E-state index in [1.807, 2.05) is 6.08 Å². The second-order valence-electron chi connectivity index (χ2n) is 12.6. The first kappa shape index (κ1) is 44.6. The molecule has 47 heavy (non-hydrogen) atoms. The molecule has 0 fully saturated rings. The maximum Gasteiger partial charge on any atom is 0.220 e. The standard InChI is InChI=1S/C43H73NO3/c1-3-5-7-9-11-13-15-17-19-20-21-22-23-24-25-27-29-31-33-35-37-39-43(47)44-41(40-45)42(46)38-36-34-32-30-28-26-18-16-14-12-10-8-6-4-2/h5,7,11,13-14,16-17,19,21-22,28,30,36,38,41-42,45-46H,3-4,6,8-10,12,15,18,20,23-27,29,31-35,37,39-40H2,1-2H3,(H,44,47)/b7-5-,13-11-,16-14+,19-17-,22-21-,30-28+,38-36+. The molecule has 0 spiro atoms. The highest BCUT2D eigenvalue weighted by molar-refractivity contribution is 5.76. The molecule has 0 aliphatic carbocycles. The molecule has 2 atom stereocenters. The fourth-order valence-corrected chi connectivity index (χ4v) is 5.14. The third-order valence-electron chi connectivity index (χ3n) is 8.09. The van der Waals surface area contributed by atoms with Crippen molar-refractivity contribution in [3.8, 4) is 0 Å². The molecule has 1 amide bonds. The minimum atomic E-state index is -0.877. The number of rotatable bonds is 33. The van der Waals surface area contributed by atoms with Gasteiger partial charge in [-0.15, -0.1) is 0 Å². The van der Waals surface area contributed by atoms with Crippen molar-refractivity contribution in [1.82, 2.24) is 5.32 Å². The first-order chi connectivity index (χ1) is 23.2. The van der Waals surface area contributed by atoms with Crippen LogP contribution < -0.4 is 5.32 Å². The molecule has 0 aromatic carbocycles. The van der Waals surface area contributed by atoms with Crippen molar-refractivity contribution in [1.29, 1.82) is 0 Å². The van der Waals surface area contributed by atoms with E-state index in [0.717, 1.165) is 70.6 Å². The number of carbonyl (C=O) groups excluding carboxylic acids is 1. The fourth-order valence-electron chi connectivity index (χ4n) is 5.14. The van der Waals surface area contributed by atoms with Gasteiger partial charge in [-0.25, -0.2) is 0 Å². The lowest BCUT2D eigenvalue weighted by molar-refractivity contribution is -0.123. The van der Waals surface area contributed by atoms with Gasteiger partial charge in [-0.2, -0.15) is 0 Å². The van der Waals surface area contributed by atoms with Crippen LogP contribution in [0.25, 0.3) is 0 Å². The summed E-state index contributed by atoms with van der Waals surface area (Å²) in [6, 6.07) is -0.653. The third kappa shape index (κ3) is 34.7. The molecule has 0 radical (unpaired) electrons. The number of aliphatic hydroxyl groups excluding tert-OH is 2. The van der Waals surface area contributed by atoms with Gasteiger partial charge in [0.05, 0.1) is 18.8 Å². The number of aliphatic hydroxyl groups is 2. The summed E-state index contributed by atoms with van der Waals surface area (Å²) in [5.41, 5.74) is 0. The summed E-state index contributed by atoms with van der Waals surface area (Å²) in [6.45, 7) is 4.13. The van der Waals surface area contributed by atoms with Crippen LogP contribution >= 0.6 is 0 Å². The first-order valence-electron chi connectivity index (χ1n) is 19.3. The molecule has 2 unspecified atom stereocenters. The van der Waals surface area contributed by atoms with Crippen molar-refractivity contribution in [3.63, 3.8) is 0 Å². The Bertz CT molecular complexity index is 879. The van der Waals surface area contributed by atoms with Gasteiger partial charge in [-0.3, -0.25) is 4.79 Å². The molecule has 3 N–H and O–H groups in total. The molecule has 0 rings (SSSR count). The maximum atomic E-state index is 12.3. The normalized spacial score (nSPS) is 14.0. The Morgan fingerprint density at radius 1 is 0.532 bits per heavy atom. The summed E-state index contributed by atoms with van der Waals surface area (Å²) in [7, 11) is 0. The van der Waals surface area contributed by atoms with Gasteiger partial charge in [0.15, 0.2) is 0 Å². The van der Waals surface area contributed by atoms with E-state index >= 15 is 0 Å². The van der Waals surface area contributed by atoms with Crippen LogP contribution in [-0.2, 0) is 4.79 Å². The summed E-state index contributed by atoms with van der Waals surface area (Å²) < 4.78 is 0. The topological polar surface area (TPSA) is 69.6 Å². The van der Waals surface area contributed by atoms with E-state index in [0.29, 0.717) is 6.42 Å². The van der Waals surface area contributed by atoms with Crippen LogP contribution in [0.15, 0.2) is 85.1 Å². The quantitative estimate of drug-likeness (QED) is 0.0488. The Morgan fingerprint density at radius 2 is 0.957 bits per heavy atom. The summed E-state index contributed by atoms with van der Waals surface area (Å²) in [6.07, 6.45) is 55.2. The Kier molecular flexibility index (Phi) is 36.1. The molecule has 0 saturated heterocycles. The number of carbonyl (C=O) groups is 1. The van der Waals surface area contributed by atoms with E-state index in [1.54, 1.807) is 6.08 Å². The lowest BCUT2D eigenvalue weighted by atomic mass is 10.1. The van der Waals surface area contributed by atoms with Gasteiger partial charge >= 0.3 is 0 Å². The number of hydrogen-bond donors (Lipinski definition) is 3. The minimum absolute atomic E-state index is 0.0923. The van der Waals surface area contributed by atoms with E-state index in [2.05, 4.69) is 92.1 Å². The van der Waals surface area contributed by atoms with E-state index in [9.17, 15) is 15.0 Å². The lowest BCUT2D eigenvalue weighted by Crippen LogP contribution is -2.45. The molecule has 4 nitrogen and oxygen atoms in total. The zero-order chi connectivity index (χ0) is 34.3. The first-order valence-corrected chi connectivity index (χ1v) is 19.3. The Balaban J connectivity index is 3.71. The second kappa shape index (κ2) is 38.0. The van der Waals surface area contributed by atoms with Crippen molar-refractivity contribution >= 4 is 5.91 Å². The second-order valence-corrected chi connectivity index (χ2v) is 12.6. The van der Waals surface area contributed by atoms with Gasteiger partial charge in [0.1, 0.15) is 0 Å². The fraction of sp³-hybridized carbons (Fsp3) is 0.651. The monoisotopic (exact) mass is 652 g/mol. The van der Waals surface area contributed by atoms with Gasteiger partial charge in [0.2, 0.25) is 5.91 Å². The summed E-state index contributed by atoms with van der Waals surface area (Å²) in [4.78, 5) is 12.3. The van der Waals surface area contributed by atoms with Crippen LogP contribution in [0.5, 0.6) is 0 Å². The molecular weight excluding hydrogens is 578 g/mol. The maximum absolute atomic E-state index is 12.3. The number of nitrogens with one attached hydrogen (secondary N) is 1. The summed E-state index contributed by atoms with van der Waals surface area (Å²) >= 11 is 0. The average molecular weight is 652 g/mol. The van der Waals surface area contributed by atoms with Gasteiger partial charge in [0.25, 0.3) is 0 Å². The van der Waals surface area contributed by atoms with E-state index in [-0.39, 0.29) is 12.5 Å². The molecule has 268 valence electrons. The van der Waals surface area contributed by atoms with Crippen molar-refractivity contribution in [2.45, 2.75) is 174 Å². The van der Waals surface area contributed by atoms with Crippen LogP contribution in [0.4, 0.5) is 0 Å². The smallest absolute Gasteiger partial charge is 0.220 e. The third-order valence-corrected chi connectivity index (χ3v) is 8.09. The van der Waals surface area contributed by atoms with Crippen LogP contribution in [0.1, 0.15) is 162 Å². The Hall–Kier alpha value is -2.43. The zero-order valence-corrected chi connectivity index (χ0v) is 30.5. The SMILES string of the molecule is CC/C=C\C/C=C\C/C=C\C/C=C\CCCCCCCCCCC(=O)NC(CO)C(O)/C=C/CC/C=C/CC/C=C/CCCCCC. The number of hydrogen-bond acceptors (Lipinski definition) is 3. The highest BCUT2D eigenvalue weighted by atomic mass is 16.3. The van der Waals surface area contributed by atoms with E-state index < -0.39 is 12.1 Å². The molecule has 0 saturated carbocycles. The van der Waals surface area contributed by atoms with Gasteiger partial charge in [-0.05, 0) is 83.5 Å². The molecule has 0 aliphatic heterocycles. The van der Waals surface area contributed by atoms with Gasteiger partial charge < -0.3 is 15.5 Å². The molecule has 0 bridgehead atoms. The highest BCUT2D eigenvalue weighted by Gasteiger charge is 2.17. The molecule has 4 heteroatoms. The molecule has 0 aromatic heterocycles. The largest absolute Gasteiger partial charge is 0.394 e. The predicted octanol–water partition coefficient (Wildman–Crippen LogP) is 11.7. The number of unbranched alkanes of at least 4 members (excludes halogenated alkanes) is 14. The molecule has 0 aliphatic rings. The predicted molar refractivity (Wildman–Crippen MR) is 207 cm³/mol. The summed E-state index contributed by atoms with van der Waals surface area (Å²) in [5.74, 6) is -0.0923. The lowest BCUT2D eigenvalue weighted by Gasteiger charge is -2.19. The number of amides is 1. The van der Waals surface area contributed by atoms with Crippen molar-refractivity contribution in [3.05, 3.63) is 85.1 Å². The van der Waals surface area contributed by atoms with Crippen LogP contribution in [0, 0.1) is 0 Å².